The van der Waals surface area contributed by atoms with E-state index in [1.54, 1.807) is 0 Å². The lowest BCUT2D eigenvalue weighted by Crippen LogP contribution is -2.36. The van der Waals surface area contributed by atoms with Gasteiger partial charge in [0.2, 0.25) is 5.69 Å². The summed E-state index contributed by atoms with van der Waals surface area (Å²) < 4.78 is 4.52. The van der Waals surface area contributed by atoms with Crippen LogP contribution in [0.5, 0.6) is 0 Å². The molecule has 0 aliphatic rings. The third kappa shape index (κ3) is 4.37. The van der Waals surface area contributed by atoms with E-state index in [4.69, 9.17) is 5.73 Å². The normalized spacial score (nSPS) is 11.6. The van der Waals surface area contributed by atoms with Crippen LogP contribution in [0, 0.1) is 0 Å². The first-order valence-electron chi connectivity index (χ1n) is 9.20. The van der Waals surface area contributed by atoms with Crippen LogP contribution >= 0.6 is 0 Å². The van der Waals surface area contributed by atoms with Gasteiger partial charge in [-0.3, -0.25) is 0 Å². The van der Waals surface area contributed by atoms with Gasteiger partial charge in [-0.1, -0.05) is 24.6 Å². The van der Waals surface area contributed by atoms with Crippen molar-refractivity contribution < 1.29 is 4.57 Å². The second-order valence-electron chi connectivity index (χ2n) is 6.57. The Morgan fingerprint density at radius 1 is 0.960 bits per heavy atom. The van der Waals surface area contributed by atoms with Crippen molar-refractivity contribution in [1.29, 1.82) is 0 Å². The first-order valence-corrected chi connectivity index (χ1v) is 9.20. The molecule has 0 radical (unpaired) electrons. The molecule has 3 nitrogen and oxygen atoms in total. The van der Waals surface area contributed by atoms with Crippen LogP contribution in [0.1, 0.15) is 36.9 Å². The summed E-state index contributed by atoms with van der Waals surface area (Å²) in [7, 11) is 2.10. The maximum Gasteiger partial charge on any atom is 0.205 e. The van der Waals surface area contributed by atoms with E-state index < -0.39 is 0 Å². The van der Waals surface area contributed by atoms with Gasteiger partial charge in [0.05, 0.1) is 0 Å². The molecule has 1 aromatic carbocycles. The summed E-state index contributed by atoms with van der Waals surface area (Å²) in [5, 5.41) is 1.30. The molecule has 25 heavy (non-hydrogen) atoms. The summed E-state index contributed by atoms with van der Waals surface area (Å²) in [6, 6.07) is 14.9. The zero-order valence-corrected chi connectivity index (χ0v) is 15.1. The number of hydrogen-bond donors (Lipinski definition) is 1. The Bertz CT molecular complexity index is 845. The minimum Gasteiger partial charge on any atom is -0.350 e. The fourth-order valence-corrected chi connectivity index (χ4v) is 3.31. The molecule has 2 aromatic heterocycles. The third-order valence-corrected chi connectivity index (χ3v) is 4.69. The van der Waals surface area contributed by atoms with Gasteiger partial charge in [0.25, 0.3) is 0 Å². The van der Waals surface area contributed by atoms with Crippen LogP contribution in [0.2, 0.25) is 0 Å². The van der Waals surface area contributed by atoms with Gasteiger partial charge in [-0.25, -0.2) is 0 Å². The topological polar surface area (TPSA) is 34.8 Å². The average Bonchev–Trinajstić information content (AvgIpc) is 2.97. The van der Waals surface area contributed by atoms with Crippen molar-refractivity contribution in [2.45, 2.75) is 32.2 Å². The number of nitrogens with two attached hydrogens (primary N) is 1. The molecule has 0 saturated carbocycles. The quantitative estimate of drug-likeness (QED) is 0.487. The van der Waals surface area contributed by atoms with Gasteiger partial charge in [-0.15, -0.1) is 0 Å². The molecular weight excluding hydrogens is 306 g/mol. The molecule has 0 fully saturated rings. The van der Waals surface area contributed by atoms with E-state index in [0.29, 0.717) is 0 Å². The third-order valence-electron chi connectivity index (χ3n) is 4.69. The standard InChI is InChI=1S/C22H28N3/c1-24-18-19(21-11-4-5-12-22(21)24)13-14-20-10-6-9-17-25(20)16-8-3-2-7-15-23/h4-6,9-14,17-18H,2-3,7-8,15-16,23H2,1H3/q+1. The van der Waals surface area contributed by atoms with Crippen molar-refractivity contribution in [2.75, 3.05) is 6.54 Å². The van der Waals surface area contributed by atoms with Crippen LogP contribution in [0.3, 0.4) is 0 Å². The van der Waals surface area contributed by atoms with Gasteiger partial charge in [-0.05, 0) is 37.6 Å². The van der Waals surface area contributed by atoms with Crippen LogP contribution < -0.4 is 10.3 Å². The highest BCUT2D eigenvalue weighted by molar-refractivity contribution is 5.91. The second-order valence-corrected chi connectivity index (χ2v) is 6.57. The number of para-hydroxylation sites is 1. The maximum atomic E-state index is 5.57. The number of aromatic nitrogens is 2. The van der Waals surface area contributed by atoms with Gasteiger partial charge in [-0.2, -0.15) is 4.57 Å². The fraction of sp³-hybridized carbons (Fsp3) is 0.318. The van der Waals surface area contributed by atoms with E-state index in [1.807, 2.05) is 0 Å². The van der Waals surface area contributed by atoms with Gasteiger partial charge in [0.1, 0.15) is 6.54 Å². The van der Waals surface area contributed by atoms with Gasteiger partial charge >= 0.3 is 0 Å². The van der Waals surface area contributed by atoms with E-state index in [2.05, 4.69) is 83.2 Å². The highest BCUT2D eigenvalue weighted by atomic mass is 14.9. The molecule has 0 unspecified atom stereocenters. The van der Waals surface area contributed by atoms with E-state index in [-0.39, 0.29) is 0 Å². The molecule has 2 N–H and O–H groups in total. The molecule has 0 aliphatic heterocycles. The molecule has 0 aliphatic carbocycles. The Balaban J connectivity index is 1.75. The predicted molar refractivity (Wildman–Crippen MR) is 106 cm³/mol. The van der Waals surface area contributed by atoms with E-state index >= 15 is 0 Å². The second kappa shape index (κ2) is 8.63. The first kappa shape index (κ1) is 17.4. The van der Waals surface area contributed by atoms with Crippen molar-refractivity contribution in [3.05, 3.63) is 66.1 Å². The van der Waals surface area contributed by atoms with Crippen molar-refractivity contribution >= 4 is 23.1 Å². The lowest BCUT2D eigenvalue weighted by atomic mass is 10.1. The van der Waals surface area contributed by atoms with E-state index in [9.17, 15) is 0 Å². The molecule has 0 spiro atoms. The Morgan fingerprint density at radius 2 is 1.76 bits per heavy atom. The summed E-state index contributed by atoms with van der Waals surface area (Å²) in [6.45, 7) is 1.86. The van der Waals surface area contributed by atoms with E-state index in [0.717, 1.165) is 19.5 Å². The highest BCUT2D eigenvalue weighted by Gasteiger charge is 2.07. The predicted octanol–water partition coefficient (Wildman–Crippen LogP) is 4.16. The summed E-state index contributed by atoms with van der Waals surface area (Å²) in [4.78, 5) is 0. The number of pyridine rings is 1. The molecule has 2 heterocycles. The first-order chi connectivity index (χ1) is 12.3. The number of benzene rings is 1. The molecule has 0 bridgehead atoms. The van der Waals surface area contributed by atoms with Crippen LogP contribution in [0.4, 0.5) is 0 Å². The van der Waals surface area contributed by atoms with Crippen LogP contribution in [-0.4, -0.2) is 11.1 Å². The van der Waals surface area contributed by atoms with Crippen molar-refractivity contribution in [1.82, 2.24) is 4.57 Å². The zero-order valence-electron chi connectivity index (χ0n) is 15.1. The van der Waals surface area contributed by atoms with Crippen molar-refractivity contribution in [2.24, 2.45) is 12.8 Å². The van der Waals surface area contributed by atoms with E-state index in [1.165, 1.54) is 41.4 Å². The summed E-state index contributed by atoms with van der Waals surface area (Å²) >= 11 is 0. The number of hydrogen-bond acceptors (Lipinski definition) is 1. The zero-order chi connectivity index (χ0) is 17.5. The summed E-state index contributed by atoms with van der Waals surface area (Å²) in [5.41, 5.74) is 9.34. The molecule has 0 atom stereocenters. The minimum atomic E-state index is 0.803. The fourth-order valence-electron chi connectivity index (χ4n) is 3.31. The Kier molecular flexibility index (Phi) is 6.02. The largest absolute Gasteiger partial charge is 0.350 e. The van der Waals surface area contributed by atoms with Crippen LogP contribution in [-0.2, 0) is 13.6 Å². The molecule has 130 valence electrons. The average molecular weight is 334 g/mol. The maximum absolute atomic E-state index is 5.57. The van der Waals surface area contributed by atoms with Crippen LogP contribution in [0.15, 0.2) is 54.9 Å². The molecular formula is C22H28N3+. The highest BCUT2D eigenvalue weighted by Crippen LogP contribution is 2.21. The van der Waals surface area contributed by atoms with Crippen molar-refractivity contribution in [3.8, 4) is 0 Å². The minimum absolute atomic E-state index is 0.803. The van der Waals surface area contributed by atoms with Crippen LogP contribution in [0.25, 0.3) is 23.1 Å². The molecule has 3 heteroatoms. The molecule has 0 saturated heterocycles. The number of aryl methyl sites for hydroxylation is 2. The van der Waals surface area contributed by atoms with Gasteiger partial charge in [0, 0.05) is 54.3 Å². The SMILES string of the molecule is Cn1cc(/C=C/c2cccc[n+]2CCCCCCN)c2ccccc21. The van der Waals surface area contributed by atoms with Crippen molar-refractivity contribution in [3.63, 3.8) is 0 Å². The molecule has 0 amide bonds. The summed E-state index contributed by atoms with van der Waals surface area (Å²) in [6.07, 6.45) is 13.6. The Morgan fingerprint density at radius 3 is 2.64 bits per heavy atom. The Hall–Kier alpha value is -2.39. The number of nitrogens with zero attached hydrogens (tertiary/aromatic N) is 2. The molecule has 3 rings (SSSR count). The summed E-state index contributed by atoms with van der Waals surface area (Å²) in [5.74, 6) is 0. The van der Waals surface area contributed by atoms with Gasteiger partial charge < -0.3 is 10.3 Å². The number of unbranched alkanes of at least 4 members (excludes halogenated alkanes) is 3. The lowest BCUT2D eigenvalue weighted by Gasteiger charge is -2.01. The smallest absolute Gasteiger partial charge is 0.205 e. The Labute approximate surface area is 150 Å². The monoisotopic (exact) mass is 334 g/mol. The number of rotatable bonds is 8. The lowest BCUT2D eigenvalue weighted by molar-refractivity contribution is -0.699. The molecule has 3 aromatic rings. The number of fused-ring (bicyclic) bond motifs is 1. The van der Waals surface area contributed by atoms with Gasteiger partial charge in [0.15, 0.2) is 6.20 Å².